The molecule has 1 saturated heterocycles. The molecule has 1 aliphatic heterocycles. The van der Waals surface area contributed by atoms with Crippen LogP contribution in [0.15, 0.2) is 47.7 Å². The number of benzene rings is 1. The van der Waals surface area contributed by atoms with Crippen LogP contribution in [0.1, 0.15) is 5.56 Å². The second-order valence-electron chi connectivity index (χ2n) is 7.43. The van der Waals surface area contributed by atoms with Gasteiger partial charge in [-0.05, 0) is 12.0 Å². The highest BCUT2D eigenvalue weighted by atomic mass is 127. The van der Waals surface area contributed by atoms with Gasteiger partial charge in [0.05, 0.1) is 11.9 Å². The number of piperazine rings is 1. The van der Waals surface area contributed by atoms with E-state index in [1.54, 1.807) is 29.9 Å². The molecule has 1 N–H and O–H groups in total. The summed E-state index contributed by atoms with van der Waals surface area (Å²) in [4.78, 5) is 34.4. The van der Waals surface area contributed by atoms with E-state index in [1.165, 1.54) is 10.5 Å². The molecule has 3 rings (SSSR count). The van der Waals surface area contributed by atoms with E-state index < -0.39 is 0 Å². The van der Waals surface area contributed by atoms with Crippen molar-refractivity contribution in [3.05, 3.63) is 48.3 Å². The van der Waals surface area contributed by atoms with Crippen LogP contribution in [0.3, 0.4) is 0 Å². The SMILES string of the molecule is CN(C)C(=O)CN=C(NCCc1ccccc1)N1CCN(c2cnn(C)c2)C(=O)C1.I. The van der Waals surface area contributed by atoms with Crippen molar-refractivity contribution in [3.8, 4) is 0 Å². The molecule has 10 heteroatoms. The summed E-state index contributed by atoms with van der Waals surface area (Å²) in [5.74, 6) is 0.476. The molecule has 0 unspecified atom stereocenters. The Kier molecular flexibility index (Phi) is 9.28. The zero-order valence-corrected chi connectivity index (χ0v) is 20.5. The summed E-state index contributed by atoms with van der Waals surface area (Å²) in [6.07, 6.45) is 4.35. The highest BCUT2D eigenvalue weighted by molar-refractivity contribution is 14.0. The molecule has 1 aromatic carbocycles. The molecule has 9 nitrogen and oxygen atoms in total. The number of amides is 2. The average molecular weight is 539 g/mol. The molecule has 2 heterocycles. The number of aromatic nitrogens is 2. The molecule has 31 heavy (non-hydrogen) atoms. The maximum Gasteiger partial charge on any atom is 0.246 e. The number of guanidine groups is 1. The van der Waals surface area contributed by atoms with Crippen molar-refractivity contribution in [3.63, 3.8) is 0 Å². The van der Waals surface area contributed by atoms with Gasteiger partial charge in [0, 0.05) is 47.0 Å². The number of hydrogen-bond donors (Lipinski definition) is 1. The van der Waals surface area contributed by atoms with E-state index in [0.717, 1.165) is 12.1 Å². The normalized spacial score (nSPS) is 14.3. The fraction of sp³-hybridized carbons (Fsp3) is 0.429. The molecule has 168 valence electrons. The van der Waals surface area contributed by atoms with Crippen molar-refractivity contribution in [2.45, 2.75) is 6.42 Å². The second-order valence-corrected chi connectivity index (χ2v) is 7.43. The Morgan fingerprint density at radius 2 is 1.97 bits per heavy atom. The van der Waals surface area contributed by atoms with Gasteiger partial charge in [-0.25, -0.2) is 4.99 Å². The second kappa shape index (κ2) is 11.7. The van der Waals surface area contributed by atoms with Crippen LogP contribution in [0.4, 0.5) is 5.69 Å². The van der Waals surface area contributed by atoms with E-state index in [1.807, 2.05) is 36.3 Å². The smallest absolute Gasteiger partial charge is 0.246 e. The molecule has 2 aromatic rings. The number of anilines is 1. The summed E-state index contributed by atoms with van der Waals surface area (Å²) in [5, 5.41) is 7.48. The van der Waals surface area contributed by atoms with Crippen LogP contribution in [-0.2, 0) is 23.1 Å². The van der Waals surface area contributed by atoms with Crippen LogP contribution < -0.4 is 10.2 Å². The molecule has 1 aromatic heterocycles. The lowest BCUT2D eigenvalue weighted by Crippen LogP contribution is -2.55. The maximum atomic E-state index is 12.7. The van der Waals surface area contributed by atoms with Gasteiger partial charge in [-0.15, -0.1) is 24.0 Å². The highest BCUT2D eigenvalue weighted by Crippen LogP contribution is 2.16. The van der Waals surface area contributed by atoms with Crippen molar-refractivity contribution in [2.75, 3.05) is 51.7 Å². The third-order valence-electron chi connectivity index (χ3n) is 4.93. The molecule has 0 radical (unpaired) electrons. The van der Waals surface area contributed by atoms with Gasteiger partial charge < -0.3 is 20.0 Å². The van der Waals surface area contributed by atoms with Crippen molar-refractivity contribution >= 4 is 47.4 Å². The fourth-order valence-electron chi connectivity index (χ4n) is 3.19. The fourth-order valence-corrected chi connectivity index (χ4v) is 3.19. The van der Waals surface area contributed by atoms with E-state index in [9.17, 15) is 9.59 Å². The Bertz CT molecular complexity index is 898. The quantitative estimate of drug-likeness (QED) is 0.336. The van der Waals surface area contributed by atoms with Crippen molar-refractivity contribution < 1.29 is 9.59 Å². The standard InChI is InChI=1S/C21H29N7O2.HI/c1-25(2)19(29)14-23-21(22-10-9-17-7-5-4-6-8-17)27-11-12-28(20(30)16-27)18-13-24-26(3)15-18;/h4-8,13,15H,9-12,14,16H2,1-3H3,(H,22,23);1H. The lowest BCUT2D eigenvalue weighted by atomic mass is 10.1. The number of carbonyl (C=O) groups is 2. The first-order valence-electron chi connectivity index (χ1n) is 10.0. The number of nitrogens with one attached hydrogen (secondary N) is 1. The Labute approximate surface area is 200 Å². The predicted octanol–water partition coefficient (Wildman–Crippen LogP) is 0.963. The van der Waals surface area contributed by atoms with Crippen molar-refractivity contribution in [1.82, 2.24) is 24.9 Å². The number of rotatable bonds is 6. The van der Waals surface area contributed by atoms with E-state index in [0.29, 0.717) is 25.6 Å². The number of likely N-dealkylation sites (N-methyl/N-ethyl adjacent to an activating group) is 1. The van der Waals surface area contributed by atoms with Crippen LogP contribution in [0, 0.1) is 0 Å². The van der Waals surface area contributed by atoms with Gasteiger partial charge in [-0.1, -0.05) is 30.3 Å². The Morgan fingerprint density at radius 3 is 2.58 bits per heavy atom. The molecule has 0 saturated carbocycles. The molecule has 0 atom stereocenters. The summed E-state index contributed by atoms with van der Waals surface area (Å²) in [7, 11) is 5.24. The van der Waals surface area contributed by atoms with Crippen LogP contribution in [-0.4, -0.2) is 84.2 Å². The lowest BCUT2D eigenvalue weighted by Gasteiger charge is -2.35. The zero-order chi connectivity index (χ0) is 21.5. The Balaban J connectivity index is 0.00000341. The number of halogens is 1. The maximum absolute atomic E-state index is 12.7. The number of nitrogens with zero attached hydrogens (tertiary/aromatic N) is 6. The molecule has 0 bridgehead atoms. The zero-order valence-electron chi connectivity index (χ0n) is 18.2. The first-order chi connectivity index (χ1) is 14.4. The van der Waals surface area contributed by atoms with E-state index in [2.05, 4.69) is 27.5 Å². The summed E-state index contributed by atoms with van der Waals surface area (Å²) in [6, 6.07) is 10.2. The first kappa shape index (κ1) is 24.6. The molecule has 2 amide bonds. The minimum absolute atomic E-state index is 0. The van der Waals surface area contributed by atoms with Crippen LogP contribution in [0.25, 0.3) is 0 Å². The third-order valence-corrected chi connectivity index (χ3v) is 4.93. The number of hydrogen-bond acceptors (Lipinski definition) is 4. The topological polar surface area (TPSA) is 86.1 Å². The van der Waals surface area contributed by atoms with Crippen LogP contribution in [0.5, 0.6) is 0 Å². The Morgan fingerprint density at radius 1 is 1.23 bits per heavy atom. The van der Waals surface area contributed by atoms with Gasteiger partial charge >= 0.3 is 0 Å². The summed E-state index contributed by atoms with van der Waals surface area (Å²) < 4.78 is 1.68. The number of aryl methyl sites for hydroxylation is 1. The average Bonchev–Trinajstić information content (AvgIpc) is 3.16. The van der Waals surface area contributed by atoms with E-state index in [4.69, 9.17) is 0 Å². The summed E-state index contributed by atoms with van der Waals surface area (Å²) in [6.45, 7) is 2.05. The molecular formula is C21H30IN7O2. The minimum Gasteiger partial charge on any atom is -0.356 e. The molecular weight excluding hydrogens is 509 g/mol. The molecule has 1 aliphatic rings. The molecule has 1 fully saturated rings. The van der Waals surface area contributed by atoms with Crippen molar-refractivity contribution in [2.24, 2.45) is 12.0 Å². The van der Waals surface area contributed by atoms with Crippen molar-refractivity contribution in [1.29, 1.82) is 0 Å². The predicted molar refractivity (Wildman–Crippen MR) is 132 cm³/mol. The summed E-state index contributed by atoms with van der Waals surface area (Å²) >= 11 is 0. The van der Waals surface area contributed by atoms with Gasteiger partial charge in [-0.3, -0.25) is 14.3 Å². The summed E-state index contributed by atoms with van der Waals surface area (Å²) in [5.41, 5.74) is 2.01. The first-order valence-corrected chi connectivity index (χ1v) is 10.0. The van der Waals surface area contributed by atoms with E-state index >= 15 is 0 Å². The largest absolute Gasteiger partial charge is 0.356 e. The van der Waals surface area contributed by atoms with E-state index in [-0.39, 0.29) is 48.9 Å². The highest BCUT2D eigenvalue weighted by Gasteiger charge is 2.27. The van der Waals surface area contributed by atoms with Gasteiger partial charge in [-0.2, -0.15) is 5.10 Å². The number of aliphatic imine (C=N–C) groups is 1. The lowest BCUT2D eigenvalue weighted by molar-refractivity contribution is -0.127. The van der Waals surface area contributed by atoms with Gasteiger partial charge in [0.15, 0.2) is 5.96 Å². The van der Waals surface area contributed by atoms with Crippen LogP contribution >= 0.6 is 24.0 Å². The van der Waals surface area contributed by atoms with Gasteiger partial charge in [0.2, 0.25) is 11.8 Å². The monoisotopic (exact) mass is 539 g/mol. The minimum atomic E-state index is -0.0855. The van der Waals surface area contributed by atoms with Crippen LogP contribution in [0.2, 0.25) is 0 Å². The molecule has 0 aliphatic carbocycles. The third kappa shape index (κ3) is 6.94. The molecule has 0 spiro atoms. The van der Waals surface area contributed by atoms with Gasteiger partial charge in [0.25, 0.3) is 0 Å². The number of carbonyl (C=O) groups excluding carboxylic acids is 2. The Hall–Kier alpha value is -2.63. The van der Waals surface area contributed by atoms with Gasteiger partial charge in [0.1, 0.15) is 13.1 Å².